The molecule has 0 aliphatic carbocycles. The lowest BCUT2D eigenvalue weighted by atomic mass is 10.0. The lowest BCUT2D eigenvalue weighted by molar-refractivity contribution is -0.127. The first kappa shape index (κ1) is 22.6. The van der Waals surface area contributed by atoms with Crippen LogP contribution in [0.2, 0.25) is 0 Å². The van der Waals surface area contributed by atoms with Gasteiger partial charge in [-0.1, -0.05) is 42.5 Å². The fraction of sp³-hybridized carbons (Fsp3) is 0.192. The Kier molecular flexibility index (Phi) is 6.51. The molecule has 0 radical (unpaired) electrons. The summed E-state index contributed by atoms with van der Waals surface area (Å²) in [4.78, 5) is 39.4. The molecule has 3 amide bonds. The second-order valence-electron chi connectivity index (χ2n) is 7.77. The van der Waals surface area contributed by atoms with Gasteiger partial charge in [0.2, 0.25) is 5.91 Å². The number of nitrogens with zero attached hydrogens (tertiary/aromatic N) is 1. The molecule has 33 heavy (non-hydrogen) atoms. The molecule has 1 fully saturated rings. The number of hydrogen-bond donors (Lipinski definition) is 1. The Balaban J connectivity index is 1.59. The van der Waals surface area contributed by atoms with Crippen molar-refractivity contribution in [2.45, 2.75) is 20.8 Å². The summed E-state index contributed by atoms with van der Waals surface area (Å²) in [6, 6.07) is 17.3. The third-order valence-electron chi connectivity index (χ3n) is 5.35. The number of carbonyl (C=O) groups is 3. The van der Waals surface area contributed by atoms with Crippen molar-refractivity contribution in [2.24, 2.45) is 0 Å². The predicted octanol–water partition coefficient (Wildman–Crippen LogP) is 5.53. The second-order valence-corrected chi connectivity index (χ2v) is 8.76. The molecule has 4 rings (SSSR count). The number of ether oxygens (including phenoxy) is 1. The van der Waals surface area contributed by atoms with Crippen molar-refractivity contribution >= 4 is 51.4 Å². The number of thioether (sulfide) groups is 1. The average Bonchev–Trinajstić information content (AvgIpc) is 3.05. The molecule has 1 N–H and O–H groups in total. The topological polar surface area (TPSA) is 75.7 Å². The third kappa shape index (κ3) is 4.78. The molecular weight excluding hydrogens is 436 g/mol. The van der Waals surface area contributed by atoms with Crippen molar-refractivity contribution in [1.29, 1.82) is 0 Å². The van der Waals surface area contributed by atoms with Gasteiger partial charge in [0, 0.05) is 11.3 Å². The van der Waals surface area contributed by atoms with Gasteiger partial charge in [-0.15, -0.1) is 0 Å². The number of anilines is 1. The van der Waals surface area contributed by atoms with Crippen LogP contribution in [0, 0.1) is 13.8 Å². The van der Waals surface area contributed by atoms with Gasteiger partial charge in [0.05, 0.1) is 11.5 Å². The molecule has 0 unspecified atom stereocenters. The molecule has 7 heteroatoms. The quantitative estimate of drug-likeness (QED) is 0.490. The smallest absolute Gasteiger partial charge is 0.294 e. The van der Waals surface area contributed by atoms with Gasteiger partial charge in [0.1, 0.15) is 12.3 Å². The number of carbonyl (C=O) groups excluding carboxylic acids is 3. The Labute approximate surface area is 196 Å². The molecule has 1 heterocycles. The van der Waals surface area contributed by atoms with E-state index in [-0.39, 0.29) is 11.4 Å². The van der Waals surface area contributed by atoms with Gasteiger partial charge in [-0.2, -0.15) is 0 Å². The summed E-state index contributed by atoms with van der Waals surface area (Å²) in [5.74, 6) is -0.278. The van der Waals surface area contributed by atoms with E-state index in [0.717, 1.165) is 44.1 Å². The van der Waals surface area contributed by atoms with Gasteiger partial charge in [-0.25, -0.2) is 0 Å². The van der Waals surface area contributed by atoms with E-state index in [1.165, 1.54) is 0 Å². The van der Waals surface area contributed by atoms with E-state index in [2.05, 4.69) is 5.32 Å². The van der Waals surface area contributed by atoms with Crippen LogP contribution >= 0.6 is 11.8 Å². The number of fused-ring (bicyclic) bond motifs is 1. The van der Waals surface area contributed by atoms with Crippen molar-refractivity contribution in [3.8, 4) is 5.75 Å². The molecule has 0 saturated carbocycles. The number of imide groups is 1. The standard InChI is InChI=1S/C26H24N2O4S/c1-4-32-22-12-11-18-7-5-6-8-19(18)20(22)14-23-25(30)28(26(31)33-23)15-24(29)27-21-13-16(2)9-10-17(21)3/h5-14H,4,15H2,1-3H3,(H,27,29)/b23-14+. The molecule has 0 bridgehead atoms. The maximum absolute atomic E-state index is 13.0. The zero-order chi connectivity index (χ0) is 23.5. The van der Waals surface area contributed by atoms with Crippen molar-refractivity contribution in [3.63, 3.8) is 0 Å². The van der Waals surface area contributed by atoms with E-state index in [9.17, 15) is 14.4 Å². The molecule has 0 atom stereocenters. The van der Waals surface area contributed by atoms with Gasteiger partial charge in [0.25, 0.3) is 11.1 Å². The normalized spacial score (nSPS) is 14.9. The lowest BCUT2D eigenvalue weighted by Gasteiger charge is -2.14. The Morgan fingerprint density at radius 2 is 1.88 bits per heavy atom. The first-order valence-electron chi connectivity index (χ1n) is 10.6. The Bertz CT molecular complexity index is 1300. The summed E-state index contributed by atoms with van der Waals surface area (Å²) in [5, 5.41) is 4.25. The fourth-order valence-electron chi connectivity index (χ4n) is 3.68. The highest BCUT2D eigenvalue weighted by atomic mass is 32.2. The third-order valence-corrected chi connectivity index (χ3v) is 6.26. The number of nitrogens with one attached hydrogen (secondary N) is 1. The Morgan fingerprint density at radius 3 is 2.67 bits per heavy atom. The molecule has 168 valence electrons. The SMILES string of the molecule is CCOc1ccc2ccccc2c1/C=C1/SC(=O)N(CC(=O)Nc2cc(C)ccc2C)C1=O. The minimum absolute atomic E-state index is 0.261. The van der Waals surface area contributed by atoms with Gasteiger partial charge in [-0.05, 0) is 72.6 Å². The van der Waals surface area contributed by atoms with Gasteiger partial charge in [-0.3, -0.25) is 19.3 Å². The van der Waals surface area contributed by atoms with Crippen LogP contribution in [0.15, 0.2) is 59.5 Å². The van der Waals surface area contributed by atoms with E-state index < -0.39 is 17.1 Å². The van der Waals surface area contributed by atoms with Crippen LogP contribution in [0.4, 0.5) is 10.5 Å². The largest absolute Gasteiger partial charge is 0.493 e. The highest BCUT2D eigenvalue weighted by molar-refractivity contribution is 8.18. The van der Waals surface area contributed by atoms with E-state index in [0.29, 0.717) is 18.0 Å². The number of aryl methyl sites for hydroxylation is 2. The van der Waals surface area contributed by atoms with Gasteiger partial charge >= 0.3 is 0 Å². The van der Waals surface area contributed by atoms with E-state index in [4.69, 9.17) is 4.74 Å². The molecule has 3 aromatic carbocycles. The minimum Gasteiger partial charge on any atom is -0.493 e. The lowest BCUT2D eigenvalue weighted by Crippen LogP contribution is -2.36. The monoisotopic (exact) mass is 460 g/mol. The highest BCUT2D eigenvalue weighted by Crippen LogP contribution is 2.36. The summed E-state index contributed by atoms with van der Waals surface area (Å²) in [7, 11) is 0. The van der Waals surface area contributed by atoms with Crippen LogP contribution in [0.1, 0.15) is 23.6 Å². The summed E-state index contributed by atoms with van der Waals surface area (Å²) < 4.78 is 5.77. The minimum atomic E-state index is -0.489. The van der Waals surface area contributed by atoms with Gasteiger partial charge < -0.3 is 10.1 Å². The molecule has 0 aromatic heterocycles. The number of rotatable bonds is 6. The first-order chi connectivity index (χ1) is 15.9. The van der Waals surface area contributed by atoms with Crippen molar-refractivity contribution < 1.29 is 19.1 Å². The van der Waals surface area contributed by atoms with Crippen molar-refractivity contribution in [1.82, 2.24) is 4.90 Å². The molecule has 1 aliphatic heterocycles. The van der Waals surface area contributed by atoms with Crippen LogP contribution in [-0.4, -0.2) is 35.1 Å². The fourth-order valence-corrected chi connectivity index (χ4v) is 4.50. The van der Waals surface area contributed by atoms with Crippen LogP contribution in [0.25, 0.3) is 16.8 Å². The molecule has 6 nitrogen and oxygen atoms in total. The maximum Gasteiger partial charge on any atom is 0.294 e. The molecule has 1 saturated heterocycles. The molecular formula is C26H24N2O4S. The van der Waals surface area contributed by atoms with E-state index >= 15 is 0 Å². The first-order valence-corrected chi connectivity index (χ1v) is 11.5. The van der Waals surface area contributed by atoms with Crippen LogP contribution < -0.4 is 10.1 Å². The van der Waals surface area contributed by atoms with E-state index in [1.807, 2.05) is 75.4 Å². The number of hydrogen-bond acceptors (Lipinski definition) is 5. The summed E-state index contributed by atoms with van der Waals surface area (Å²) >= 11 is 0.829. The molecule has 0 spiro atoms. The molecule has 3 aromatic rings. The average molecular weight is 461 g/mol. The zero-order valence-corrected chi connectivity index (χ0v) is 19.5. The van der Waals surface area contributed by atoms with Crippen LogP contribution in [0.3, 0.4) is 0 Å². The summed E-state index contributed by atoms with van der Waals surface area (Å²) in [6.45, 7) is 5.84. The van der Waals surface area contributed by atoms with Gasteiger partial charge in [0.15, 0.2) is 0 Å². The van der Waals surface area contributed by atoms with Crippen LogP contribution in [0.5, 0.6) is 5.75 Å². The number of amides is 3. The highest BCUT2D eigenvalue weighted by Gasteiger charge is 2.36. The van der Waals surface area contributed by atoms with Crippen molar-refractivity contribution in [2.75, 3.05) is 18.5 Å². The summed E-state index contributed by atoms with van der Waals surface area (Å²) in [6.07, 6.45) is 1.68. The zero-order valence-electron chi connectivity index (χ0n) is 18.7. The van der Waals surface area contributed by atoms with Crippen LogP contribution in [-0.2, 0) is 9.59 Å². The van der Waals surface area contributed by atoms with Crippen molar-refractivity contribution in [3.05, 3.63) is 76.2 Å². The Morgan fingerprint density at radius 1 is 1.09 bits per heavy atom. The maximum atomic E-state index is 13.0. The predicted molar refractivity (Wildman–Crippen MR) is 132 cm³/mol. The number of benzene rings is 3. The Hall–Kier alpha value is -3.58. The van der Waals surface area contributed by atoms with E-state index in [1.54, 1.807) is 6.08 Å². The second kappa shape index (κ2) is 9.50. The summed E-state index contributed by atoms with van der Waals surface area (Å²) in [5.41, 5.74) is 3.31. The molecule has 1 aliphatic rings.